The van der Waals surface area contributed by atoms with Crippen molar-refractivity contribution >= 4 is 11.8 Å². The van der Waals surface area contributed by atoms with Crippen molar-refractivity contribution < 1.29 is 9.90 Å². The summed E-state index contributed by atoms with van der Waals surface area (Å²) in [6.07, 6.45) is 2.55. The first-order valence-corrected chi connectivity index (χ1v) is 4.80. The third-order valence-electron chi connectivity index (χ3n) is 2.11. The van der Waals surface area contributed by atoms with E-state index in [1.54, 1.807) is 23.0 Å². The van der Waals surface area contributed by atoms with Crippen molar-refractivity contribution in [2.75, 3.05) is 5.32 Å². The van der Waals surface area contributed by atoms with Crippen molar-refractivity contribution in [1.29, 1.82) is 0 Å². The Kier molecular flexibility index (Phi) is 2.86. The molecule has 0 fully saturated rings. The van der Waals surface area contributed by atoms with E-state index in [1.165, 1.54) is 0 Å². The van der Waals surface area contributed by atoms with Crippen molar-refractivity contribution in [3.8, 4) is 0 Å². The monoisotopic (exact) mass is 217 g/mol. The van der Waals surface area contributed by atoms with Gasteiger partial charge in [0.15, 0.2) is 0 Å². The highest BCUT2D eigenvalue weighted by Gasteiger charge is 1.98. The standard InChI is InChI=1S/C11H11N3O2/c15-11(16)13-10-4-2-9(3-5-10)8-14-7-1-6-12-14/h1-7,13H,8H2,(H,15,16). The Bertz CT molecular complexity index is 462. The Hall–Kier alpha value is -2.30. The molecule has 0 saturated carbocycles. The number of rotatable bonds is 3. The fraction of sp³-hybridized carbons (Fsp3) is 0.0909. The highest BCUT2D eigenvalue weighted by atomic mass is 16.4. The Labute approximate surface area is 92.3 Å². The molecule has 1 aromatic carbocycles. The summed E-state index contributed by atoms with van der Waals surface area (Å²) in [5, 5.41) is 14.9. The molecule has 0 atom stereocenters. The first-order chi connectivity index (χ1) is 7.74. The maximum Gasteiger partial charge on any atom is 0.409 e. The van der Waals surface area contributed by atoms with Gasteiger partial charge in [-0.25, -0.2) is 4.79 Å². The molecular weight excluding hydrogens is 206 g/mol. The van der Waals surface area contributed by atoms with Gasteiger partial charge >= 0.3 is 6.09 Å². The van der Waals surface area contributed by atoms with E-state index in [4.69, 9.17) is 5.11 Å². The normalized spacial score (nSPS) is 10.0. The summed E-state index contributed by atoms with van der Waals surface area (Å²) in [6.45, 7) is 0.681. The van der Waals surface area contributed by atoms with E-state index < -0.39 is 6.09 Å². The van der Waals surface area contributed by atoms with Gasteiger partial charge in [0, 0.05) is 18.1 Å². The average Bonchev–Trinajstić information content (AvgIpc) is 2.73. The molecule has 0 aliphatic carbocycles. The topological polar surface area (TPSA) is 67.2 Å². The zero-order valence-electron chi connectivity index (χ0n) is 8.50. The summed E-state index contributed by atoms with van der Waals surface area (Å²) in [7, 11) is 0. The van der Waals surface area contributed by atoms with Crippen LogP contribution in [0.5, 0.6) is 0 Å². The van der Waals surface area contributed by atoms with Gasteiger partial charge in [0.25, 0.3) is 0 Å². The van der Waals surface area contributed by atoms with Crippen LogP contribution < -0.4 is 5.32 Å². The van der Waals surface area contributed by atoms with Gasteiger partial charge in [0.2, 0.25) is 0 Å². The van der Waals surface area contributed by atoms with Crippen LogP contribution in [0, 0.1) is 0 Å². The van der Waals surface area contributed by atoms with Crippen LogP contribution in [0.2, 0.25) is 0 Å². The van der Waals surface area contributed by atoms with Crippen molar-refractivity contribution in [3.63, 3.8) is 0 Å². The second kappa shape index (κ2) is 4.48. The summed E-state index contributed by atoms with van der Waals surface area (Å²) >= 11 is 0. The minimum atomic E-state index is -1.06. The van der Waals surface area contributed by atoms with Gasteiger partial charge in [-0.2, -0.15) is 5.10 Å². The highest BCUT2D eigenvalue weighted by molar-refractivity contribution is 5.82. The quantitative estimate of drug-likeness (QED) is 0.826. The largest absolute Gasteiger partial charge is 0.465 e. The molecule has 0 spiro atoms. The number of hydrogen-bond donors (Lipinski definition) is 2. The molecule has 1 amide bonds. The Morgan fingerprint density at radius 3 is 2.69 bits per heavy atom. The second-order valence-corrected chi connectivity index (χ2v) is 3.33. The lowest BCUT2D eigenvalue weighted by molar-refractivity contribution is 0.210. The molecule has 1 heterocycles. The maximum atomic E-state index is 10.4. The van der Waals surface area contributed by atoms with Gasteiger partial charge in [-0.05, 0) is 23.8 Å². The predicted molar refractivity (Wildman–Crippen MR) is 59.4 cm³/mol. The molecule has 16 heavy (non-hydrogen) atoms. The predicted octanol–water partition coefficient (Wildman–Crippen LogP) is 2.02. The van der Waals surface area contributed by atoms with Crippen LogP contribution in [-0.2, 0) is 6.54 Å². The average molecular weight is 217 g/mol. The van der Waals surface area contributed by atoms with Crippen LogP contribution >= 0.6 is 0 Å². The Morgan fingerprint density at radius 2 is 2.12 bits per heavy atom. The minimum Gasteiger partial charge on any atom is -0.465 e. The molecule has 82 valence electrons. The summed E-state index contributed by atoms with van der Waals surface area (Å²) in [5.74, 6) is 0. The van der Waals surface area contributed by atoms with Crippen LogP contribution in [-0.4, -0.2) is 21.0 Å². The summed E-state index contributed by atoms with van der Waals surface area (Å²) in [6, 6.07) is 9.06. The number of anilines is 1. The third kappa shape index (κ3) is 2.60. The molecule has 0 saturated heterocycles. The number of carboxylic acid groups (broad SMARTS) is 1. The molecular formula is C11H11N3O2. The van der Waals surface area contributed by atoms with E-state index in [0.717, 1.165) is 5.56 Å². The summed E-state index contributed by atoms with van der Waals surface area (Å²) < 4.78 is 1.81. The number of amides is 1. The molecule has 0 aliphatic rings. The first-order valence-electron chi connectivity index (χ1n) is 4.80. The molecule has 5 nitrogen and oxygen atoms in total. The van der Waals surface area contributed by atoms with Gasteiger partial charge in [0.1, 0.15) is 0 Å². The second-order valence-electron chi connectivity index (χ2n) is 3.33. The van der Waals surface area contributed by atoms with Gasteiger partial charge in [-0.3, -0.25) is 10.00 Å². The van der Waals surface area contributed by atoms with Gasteiger partial charge < -0.3 is 5.11 Å². The molecule has 1 aromatic heterocycles. The van der Waals surface area contributed by atoms with E-state index in [9.17, 15) is 4.79 Å². The van der Waals surface area contributed by atoms with Crippen molar-refractivity contribution in [2.24, 2.45) is 0 Å². The van der Waals surface area contributed by atoms with E-state index >= 15 is 0 Å². The zero-order chi connectivity index (χ0) is 11.4. The van der Waals surface area contributed by atoms with Crippen LogP contribution in [0.15, 0.2) is 42.7 Å². The number of hydrogen-bond acceptors (Lipinski definition) is 2. The summed E-state index contributed by atoms with van der Waals surface area (Å²) in [5.41, 5.74) is 1.64. The number of benzene rings is 1. The summed E-state index contributed by atoms with van der Waals surface area (Å²) in [4.78, 5) is 10.4. The fourth-order valence-electron chi connectivity index (χ4n) is 1.40. The lowest BCUT2D eigenvalue weighted by atomic mass is 10.2. The minimum absolute atomic E-state index is 0.566. The number of nitrogens with zero attached hydrogens (tertiary/aromatic N) is 2. The highest BCUT2D eigenvalue weighted by Crippen LogP contribution is 2.10. The van der Waals surface area contributed by atoms with Gasteiger partial charge in [-0.15, -0.1) is 0 Å². The van der Waals surface area contributed by atoms with E-state index in [-0.39, 0.29) is 0 Å². The fourth-order valence-corrected chi connectivity index (χ4v) is 1.40. The molecule has 2 N–H and O–H groups in total. The van der Waals surface area contributed by atoms with Gasteiger partial charge in [0.05, 0.1) is 6.54 Å². The SMILES string of the molecule is O=C(O)Nc1ccc(Cn2cccn2)cc1. The van der Waals surface area contributed by atoms with Crippen LogP contribution in [0.25, 0.3) is 0 Å². The van der Waals surface area contributed by atoms with E-state index in [0.29, 0.717) is 12.2 Å². The Balaban J connectivity index is 2.05. The van der Waals surface area contributed by atoms with Crippen LogP contribution in [0.4, 0.5) is 10.5 Å². The maximum absolute atomic E-state index is 10.4. The molecule has 0 bridgehead atoms. The molecule has 2 aromatic rings. The molecule has 5 heteroatoms. The third-order valence-corrected chi connectivity index (χ3v) is 2.11. The molecule has 0 unspecified atom stereocenters. The van der Waals surface area contributed by atoms with E-state index in [1.807, 2.05) is 24.4 Å². The first kappa shape index (κ1) is 10.2. The van der Waals surface area contributed by atoms with Crippen LogP contribution in [0.1, 0.15) is 5.56 Å². The van der Waals surface area contributed by atoms with Crippen LogP contribution in [0.3, 0.4) is 0 Å². The smallest absolute Gasteiger partial charge is 0.409 e. The van der Waals surface area contributed by atoms with Crippen molar-refractivity contribution in [3.05, 3.63) is 48.3 Å². The lowest BCUT2D eigenvalue weighted by Gasteiger charge is -2.04. The molecule has 0 radical (unpaired) electrons. The number of aromatic nitrogens is 2. The molecule has 2 rings (SSSR count). The molecule has 0 aliphatic heterocycles. The number of carbonyl (C=O) groups is 1. The lowest BCUT2D eigenvalue weighted by Crippen LogP contribution is -2.07. The van der Waals surface area contributed by atoms with Crippen molar-refractivity contribution in [1.82, 2.24) is 9.78 Å². The zero-order valence-corrected chi connectivity index (χ0v) is 8.50. The van der Waals surface area contributed by atoms with Gasteiger partial charge in [-0.1, -0.05) is 12.1 Å². The van der Waals surface area contributed by atoms with Crippen molar-refractivity contribution in [2.45, 2.75) is 6.54 Å². The Morgan fingerprint density at radius 1 is 1.38 bits per heavy atom. The van der Waals surface area contributed by atoms with E-state index in [2.05, 4.69) is 10.4 Å². The number of nitrogens with one attached hydrogen (secondary N) is 1.